The summed E-state index contributed by atoms with van der Waals surface area (Å²) in [5.41, 5.74) is 3.14. The zero-order valence-corrected chi connectivity index (χ0v) is 20.0. The van der Waals surface area contributed by atoms with E-state index in [4.69, 9.17) is 0 Å². The summed E-state index contributed by atoms with van der Waals surface area (Å²) in [7, 11) is -1.88. The standard InChI is InChI=1S/C20H27FN4O2S.HI/c1-4-23-20(25-13-18-6-5-15(2)19(21)11-18)24-12-16-7-9-17(10-8-16)14-28(26,27)22-3;/h5-11,22H,4,12-14H2,1-3H3,(H2,23,24,25);1H. The first kappa shape index (κ1) is 25.3. The Labute approximate surface area is 189 Å². The molecule has 29 heavy (non-hydrogen) atoms. The van der Waals surface area contributed by atoms with Crippen molar-refractivity contribution < 1.29 is 12.8 Å². The number of nitrogens with zero attached hydrogens (tertiary/aromatic N) is 1. The van der Waals surface area contributed by atoms with E-state index < -0.39 is 10.0 Å². The van der Waals surface area contributed by atoms with Gasteiger partial charge in [0.25, 0.3) is 0 Å². The third-order valence-electron chi connectivity index (χ3n) is 4.15. The highest BCUT2D eigenvalue weighted by Crippen LogP contribution is 2.10. The molecule has 0 atom stereocenters. The molecule has 6 nitrogen and oxygen atoms in total. The maximum Gasteiger partial charge on any atom is 0.215 e. The van der Waals surface area contributed by atoms with Crippen LogP contribution in [-0.4, -0.2) is 28.0 Å². The third-order valence-corrected chi connectivity index (χ3v) is 5.49. The molecular formula is C20H28FIN4O2S. The summed E-state index contributed by atoms with van der Waals surface area (Å²) in [6.45, 7) is 5.31. The fraction of sp³-hybridized carbons (Fsp3) is 0.350. The maximum atomic E-state index is 13.7. The number of benzene rings is 2. The van der Waals surface area contributed by atoms with Crippen molar-refractivity contribution in [1.29, 1.82) is 0 Å². The van der Waals surface area contributed by atoms with Crippen LogP contribution in [0, 0.1) is 12.7 Å². The monoisotopic (exact) mass is 534 g/mol. The lowest BCUT2D eigenvalue weighted by Gasteiger charge is -2.12. The van der Waals surface area contributed by atoms with Crippen molar-refractivity contribution in [1.82, 2.24) is 15.4 Å². The second-order valence-corrected chi connectivity index (χ2v) is 8.34. The van der Waals surface area contributed by atoms with Gasteiger partial charge in [-0.3, -0.25) is 0 Å². The van der Waals surface area contributed by atoms with E-state index in [1.165, 1.54) is 13.1 Å². The predicted molar refractivity (Wildman–Crippen MR) is 126 cm³/mol. The molecule has 0 heterocycles. The molecule has 0 aliphatic carbocycles. The molecule has 0 aromatic heterocycles. The van der Waals surface area contributed by atoms with Crippen LogP contribution in [0.15, 0.2) is 47.5 Å². The van der Waals surface area contributed by atoms with Gasteiger partial charge in [0.15, 0.2) is 5.96 Å². The van der Waals surface area contributed by atoms with E-state index in [0.29, 0.717) is 31.2 Å². The van der Waals surface area contributed by atoms with Gasteiger partial charge in [-0.25, -0.2) is 22.5 Å². The van der Waals surface area contributed by atoms with Gasteiger partial charge < -0.3 is 10.6 Å². The molecule has 9 heteroatoms. The summed E-state index contributed by atoms with van der Waals surface area (Å²) in [5, 5.41) is 6.38. The fourth-order valence-corrected chi connectivity index (χ4v) is 3.25. The molecule has 0 aliphatic heterocycles. The molecule has 0 aliphatic rings. The highest BCUT2D eigenvalue weighted by atomic mass is 127. The summed E-state index contributed by atoms with van der Waals surface area (Å²) in [6, 6.07) is 12.5. The smallest absolute Gasteiger partial charge is 0.215 e. The van der Waals surface area contributed by atoms with Gasteiger partial charge in [-0.2, -0.15) is 0 Å². The minimum atomic E-state index is -3.28. The van der Waals surface area contributed by atoms with E-state index in [1.807, 2.05) is 25.1 Å². The van der Waals surface area contributed by atoms with Crippen LogP contribution >= 0.6 is 24.0 Å². The molecule has 0 spiro atoms. The lowest BCUT2D eigenvalue weighted by Crippen LogP contribution is -2.36. The molecule has 160 valence electrons. The van der Waals surface area contributed by atoms with E-state index in [-0.39, 0.29) is 35.5 Å². The highest BCUT2D eigenvalue weighted by molar-refractivity contribution is 14.0. The van der Waals surface area contributed by atoms with E-state index in [9.17, 15) is 12.8 Å². The maximum absolute atomic E-state index is 13.7. The largest absolute Gasteiger partial charge is 0.357 e. The molecule has 2 aromatic carbocycles. The first-order chi connectivity index (χ1) is 13.3. The number of sulfonamides is 1. The van der Waals surface area contributed by atoms with Crippen molar-refractivity contribution in [3.05, 3.63) is 70.5 Å². The van der Waals surface area contributed by atoms with Crippen molar-refractivity contribution in [3.8, 4) is 0 Å². The Morgan fingerprint density at radius 1 is 1.03 bits per heavy atom. The Morgan fingerprint density at radius 3 is 2.24 bits per heavy atom. The zero-order chi connectivity index (χ0) is 20.6. The molecule has 0 amide bonds. The van der Waals surface area contributed by atoms with Crippen molar-refractivity contribution >= 4 is 40.0 Å². The van der Waals surface area contributed by atoms with Crippen LogP contribution in [0.1, 0.15) is 29.2 Å². The first-order valence-corrected chi connectivity index (χ1v) is 10.7. The highest BCUT2D eigenvalue weighted by Gasteiger charge is 2.08. The molecule has 0 radical (unpaired) electrons. The van der Waals surface area contributed by atoms with Gasteiger partial charge >= 0.3 is 0 Å². The van der Waals surface area contributed by atoms with Gasteiger partial charge in [-0.05, 0) is 49.2 Å². The Morgan fingerprint density at radius 2 is 1.66 bits per heavy atom. The van der Waals surface area contributed by atoms with Crippen LogP contribution in [0.25, 0.3) is 0 Å². The molecule has 0 fully saturated rings. The van der Waals surface area contributed by atoms with Crippen LogP contribution in [0.5, 0.6) is 0 Å². The van der Waals surface area contributed by atoms with Gasteiger partial charge in [-0.15, -0.1) is 24.0 Å². The summed E-state index contributed by atoms with van der Waals surface area (Å²) in [4.78, 5) is 4.49. The van der Waals surface area contributed by atoms with Crippen LogP contribution in [0.2, 0.25) is 0 Å². The summed E-state index contributed by atoms with van der Waals surface area (Å²) < 4.78 is 39.2. The predicted octanol–water partition coefficient (Wildman–Crippen LogP) is 3.06. The number of halogens is 2. The van der Waals surface area contributed by atoms with Gasteiger partial charge in [-0.1, -0.05) is 36.4 Å². The minimum absolute atomic E-state index is 0. The second-order valence-electron chi connectivity index (χ2n) is 6.41. The number of hydrogen-bond donors (Lipinski definition) is 3. The molecule has 2 rings (SSSR count). The zero-order valence-electron chi connectivity index (χ0n) is 16.8. The van der Waals surface area contributed by atoms with Gasteiger partial charge in [0, 0.05) is 13.1 Å². The normalized spacial score (nSPS) is 11.7. The van der Waals surface area contributed by atoms with Crippen LogP contribution < -0.4 is 15.4 Å². The first-order valence-electron chi connectivity index (χ1n) is 9.09. The Hall–Kier alpha value is -1.72. The van der Waals surface area contributed by atoms with Gasteiger partial charge in [0.2, 0.25) is 10.0 Å². The Kier molecular flexibility index (Phi) is 10.5. The summed E-state index contributed by atoms with van der Waals surface area (Å²) in [5.74, 6) is 0.352. The lowest BCUT2D eigenvalue weighted by molar-refractivity contribution is 0.587. The van der Waals surface area contributed by atoms with Crippen LogP contribution in [0.3, 0.4) is 0 Å². The topological polar surface area (TPSA) is 82.6 Å². The summed E-state index contributed by atoms with van der Waals surface area (Å²) in [6.07, 6.45) is 0. The van der Waals surface area contributed by atoms with Crippen molar-refractivity contribution in [3.63, 3.8) is 0 Å². The molecule has 0 saturated carbocycles. The summed E-state index contributed by atoms with van der Waals surface area (Å²) >= 11 is 0. The second kappa shape index (κ2) is 12.1. The molecular weight excluding hydrogens is 506 g/mol. The quantitative estimate of drug-likeness (QED) is 0.276. The average molecular weight is 534 g/mol. The fourth-order valence-electron chi connectivity index (χ4n) is 2.48. The van der Waals surface area contributed by atoms with Crippen LogP contribution in [-0.2, 0) is 28.9 Å². The Bertz CT molecular complexity index is 919. The molecule has 0 unspecified atom stereocenters. The van der Waals surface area contributed by atoms with E-state index in [0.717, 1.165) is 16.7 Å². The average Bonchev–Trinajstić information content (AvgIpc) is 2.67. The van der Waals surface area contributed by atoms with Gasteiger partial charge in [0.1, 0.15) is 5.82 Å². The van der Waals surface area contributed by atoms with E-state index in [2.05, 4.69) is 20.3 Å². The van der Waals surface area contributed by atoms with Crippen LogP contribution in [0.4, 0.5) is 4.39 Å². The van der Waals surface area contributed by atoms with Gasteiger partial charge in [0.05, 0.1) is 12.3 Å². The number of nitrogens with one attached hydrogen (secondary N) is 3. The third kappa shape index (κ3) is 8.67. The van der Waals surface area contributed by atoms with Crippen molar-refractivity contribution in [2.24, 2.45) is 4.99 Å². The number of aryl methyl sites for hydroxylation is 1. The molecule has 0 saturated heterocycles. The number of aliphatic imine (C=N–C) groups is 1. The SMILES string of the molecule is CCNC(=NCc1ccc(C)c(F)c1)NCc1ccc(CS(=O)(=O)NC)cc1.I. The number of hydrogen-bond acceptors (Lipinski definition) is 3. The van der Waals surface area contributed by atoms with Crippen molar-refractivity contribution in [2.45, 2.75) is 32.7 Å². The number of rotatable bonds is 8. The van der Waals surface area contributed by atoms with E-state index >= 15 is 0 Å². The van der Waals surface area contributed by atoms with E-state index in [1.54, 1.807) is 25.1 Å². The Balaban J connectivity index is 0.00000420. The molecule has 0 bridgehead atoms. The minimum Gasteiger partial charge on any atom is -0.357 e. The lowest BCUT2D eigenvalue weighted by atomic mass is 10.1. The molecule has 3 N–H and O–H groups in total. The van der Waals surface area contributed by atoms with Crippen molar-refractivity contribution in [2.75, 3.05) is 13.6 Å². The number of guanidine groups is 1. The molecule has 2 aromatic rings.